The first-order valence-corrected chi connectivity index (χ1v) is 8.81. The number of halogens is 2. The van der Waals surface area contributed by atoms with Crippen LogP contribution >= 0.6 is 27.5 Å². The molecule has 2 rings (SSSR count). The molecule has 0 aliphatic rings. The highest BCUT2D eigenvalue weighted by Gasteiger charge is 2.10. The summed E-state index contributed by atoms with van der Waals surface area (Å²) >= 11 is 9.25. The quantitative estimate of drug-likeness (QED) is 0.501. The van der Waals surface area contributed by atoms with Crippen LogP contribution in [-0.4, -0.2) is 12.5 Å². The minimum atomic E-state index is -0.479. The maximum Gasteiger partial charge on any atom is 0.266 e. The van der Waals surface area contributed by atoms with Crippen LogP contribution in [0.2, 0.25) is 5.02 Å². The second-order valence-electron chi connectivity index (χ2n) is 5.17. The van der Waals surface area contributed by atoms with Gasteiger partial charge >= 0.3 is 0 Å². The van der Waals surface area contributed by atoms with Gasteiger partial charge in [-0.3, -0.25) is 4.79 Å². The molecule has 1 N–H and O–H groups in total. The molecule has 1 amide bonds. The van der Waals surface area contributed by atoms with Crippen molar-refractivity contribution in [3.63, 3.8) is 0 Å². The SMILES string of the molecule is CCCOc1ccc(/C=C(\C#N)C(=O)Nc2ccc(Cl)cc2)cc1Br. The van der Waals surface area contributed by atoms with E-state index in [-0.39, 0.29) is 5.57 Å². The van der Waals surface area contributed by atoms with Gasteiger partial charge in [0.25, 0.3) is 5.91 Å². The zero-order valence-corrected chi connectivity index (χ0v) is 15.9. The number of hydrogen-bond donors (Lipinski definition) is 1. The van der Waals surface area contributed by atoms with Crippen LogP contribution in [0.4, 0.5) is 5.69 Å². The Hall–Kier alpha value is -2.29. The van der Waals surface area contributed by atoms with Crippen molar-refractivity contribution in [3.8, 4) is 11.8 Å². The molecule has 0 aromatic heterocycles. The van der Waals surface area contributed by atoms with E-state index < -0.39 is 5.91 Å². The summed E-state index contributed by atoms with van der Waals surface area (Å²) in [6.45, 7) is 2.66. The minimum absolute atomic E-state index is 0.00377. The second kappa shape index (κ2) is 9.26. The van der Waals surface area contributed by atoms with Crippen LogP contribution in [0.1, 0.15) is 18.9 Å². The highest BCUT2D eigenvalue weighted by Crippen LogP contribution is 2.27. The van der Waals surface area contributed by atoms with Crippen LogP contribution in [0.15, 0.2) is 52.5 Å². The van der Waals surface area contributed by atoms with Crippen molar-refractivity contribution in [3.05, 3.63) is 63.1 Å². The van der Waals surface area contributed by atoms with Crippen molar-refractivity contribution in [1.29, 1.82) is 5.26 Å². The summed E-state index contributed by atoms with van der Waals surface area (Å²) < 4.78 is 6.35. The third kappa shape index (κ3) is 5.63. The maximum absolute atomic E-state index is 12.3. The number of nitriles is 1. The molecule has 0 spiro atoms. The molecule has 0 saturated carbocycles. The van der Waals surface area contributed by atoms with E-state index in [1.54, 1.807) is 42.5 Å². The van der Waals surface area contributed by atoms with Crippen LogP contribution in [0, 0.1) is 11.3 Å². The molecule has 6 heteroatoms. The number of amides is 1. The smallest absolute Gasteiger partial charge is 0.266 e. The molecular formula is C19H16BrClN2O2. The van der Waals surface area contributed by atoms with E-state index in [1.807, 2.05) is 13.0 Å². The van der Waals surface area contributed by atoms with Gasteiger partial charge in [0.15, 0.2) is 0 Å². The summed E-state index contributed by atoms with van der Waals surface area (Å²) in [4.78, 5) is 12.3. The largest absolute Gasteiger partial charge is 0.492 e. The lowest BCUT2D eigenvalue weighted by atomic mass is 10.1. The van der Waals surface area contributed by atoms with Gasteiger partial charge in [-0.25, -0.2) is 0 Å². The first-order chi connectivity index (χ1) is 12.0. The monoisotopic (exact) mass is 418 g/mol. The lowest BCUT2D eigenvalue weighted by molar-refractivity contribution is -0.112. The molecule has 2 aromatic rings. The lowest BCUT2D eigenvalue weighted by Crippen LogP contribution is -2.13. The molecule has 0 aliphatic heterocycles. The van der Waals surface area contributed by atoms with Gasteiger partial charge in [-0.05, 0) is 70.4 Å². The average Bonchev–Trinajstić information content (AvgIpc) is 2.60. The van der Waals surface area contributed by atoms with Crippen molar-refractivity contribution >= 4 is 45.2 Å². The van der Waals surface area contributed by atoms with Crippen molar-refractivity contribution in [1.82, 2.24) is 0 Å². The molecule has 128 valence electrons. The Morgan fingerprint density at radius 2 is 2.04 bits per heavy atom. The highest BCUT2D eigenvalue weighted by atomic mass is 79.9. The topological polar surface area (TPSA) is 62.1 Å². The predicted octanol–water partition coefficient (Wildman–Crippen LogP) is 5.44. The molecule has 0 aliphatic carbocycles. The minimum Gasteiger partial charge on any atom is -0.492 e. The molecule has 0 heterocycles. The number of carbonyl (C=O) groups is 1. The van der Waals surface area contributed by atoms with Crippen LogP contribution in [0.25, 0.3) is 6.08 Å². The Balaban J connectivity index is 2.16. The van der Waals surface area contributed by atoms with Gasteiger partial charge in [-0.2, -0.15) is 5.26 Å². The van der Waals surface area contributed by atoms with Crippen LogP contribution in [0.5, 0.6) is 5.75 Å². The fraction of sp³-hybridized carbons (Fsp3) is 0.158. The number of hydrogen-bond acceptors (Lipinski definition) is 3. The Bertz CT molecular complexity index is 826. The third-order valence-electron chi connectivity index (χ3n) is 3.20. The second-order valence-corrected chi connectivity index (χ2v) is 6.46. The van der Waals surface area contributed by atoms with E-state index in [9.17, 15) is 10.1 Å². The summed E-state index contributed by atoms with van der Waals surface area (Å²) in [6.07, 6.45) is 2.44. The lowest BCUT2D eigenvalue weighted by Gasteiger charge is -2.08. The Morgan fingerprint density at radius 1 is 1.32 bits per heavy atom. The molecule has 0 radical (unpaired) electrons. The molecule has 0 bridgehead atoms. The molecule has 4 nitrogen and oxygen atoms in total. The van der Waals surface area contributed by atoms with Crippen LogP contribution < -0.4 is 10.1 Å². The molecule has 0 unspecified atom stereocenters. The standard InChI is InChI=1S/C19H16BrClN2O2/c1-2-9-25-18-8-3-13(11-17(18)20)10-14(12-22)19(24)23-16-6-4-15(21)5-7-16/h3-8,10-11H,2,9H2,1H3,(H,23,24)/b14-10+. The number of nitrogens with zero attached hydrogens (tertiary/aromatic N) is 1. The maximum atomic E-state index is 12.3. The fourth-order valence-electron chi connectivity index (χ4n) is 1.98. The van der Waals surface area contributed by atoms with Gasteiger partial charge in [-0.1, -0.05) is 24.6 Å². The average molecular weight is 420 g/mol. The van der Waals surface area contributed by atoms with Crippen molar-refractivity contribution in [2.45, 2.75) is 13.3 Å². The number of carbonyl (C=O) groups excluding carboxylic acids is 1. The Morgan fingerprint density at radius 3 is 2.64 bits per heavy atom. The summed E-state index contributed by atoms with van der Waals surface area (Å²) in [5, 5.41) is 12.5. The zero-order chi connectivity index (χ0) is 18.2. The normalized spacial score (nSPS) is 10.9. The summed E-state index contributed by atoms with van der Waals surface area (Å²) in [6, 6.07) is 14.0. The predicted molar refractivity (Wildman–Crippen MR) is 104 cm³/mol. The first kappa shape index (κ1) is 19.0. The first-order valence-electron chi connectivity index (χ1n) is 7.64. The van der Waals surface area contributed by atoms with Gasteiger partial charge in [0, 0.05) is 10.7 Å². The number of nitrogens with one attached hydrogen (secondary N) is 1. The molecule has 0 fully saturated rings. The fourth-order valence-corrected chi connectivity index (χ4v) is 2.62. The zero-order valence-electron chi connectivity index (χ0n) is 13.6. The van der Waals surface area contributed by atoms with Gasteiger partial charge in [0.1, 0.15) is 17.4 Å². The van der Waals surface area contributed by atoms with Crippen molar-refractivity contribution in [2.75, 3.05) is 11.9 Å². The van der Waals surface area contributed by atoms with Gasteiger partial charge in [-0.15, -0.1) is 0 Å². The van der Waals surface area contributed by atoms with Crippen molar-refractivity contribution in [2.24, 2.45) is 0 Å². The van der Waals surface area contributed by atoms with Crippen LogP contribution in [0.3, 0.4) is 0 Å². The van der Waals surface area contributed by atoms with Gasteiger partial charge in [0.2, 0.25) is 0 Å². The number of benzene rings is 2. The molecule has 0 atom stereocenters. The van der Waals surface area contributed by atoms with E-state index in [0.717, 1.165) is 22.2 Å². The molecular weight excluding hydrogens is 404 g/mol. The highest BCUT2D eigenvalue weighted by molar-refractivity contribution is 9.10. The van der Waals surface area contributed by atoms with Gasteiger partial charge < -0.3 is 10.1 Å². The van der Waals surface area contributed by atoms with E-state index in [2.05, 4.69) is 21.2 Å². The molecule has 25 heavy (non-hydrogen) atoms. The summed E-state index contributed by atoms with van der Waals surface area (Å²) in [5.41, 5.74) is 1.29. The van der Waals surface area contributed by atoms with E-state index in [1.165, 1.54) is 6.08 Å². The van der Waals surface area contributed by atoms with E-state index >= 15 is 0 Å². The van der Waals surface area contributed by atoms with E-state index in [4.69, 9.17) is 16.3 Å². The Kier molecular flexibility index (Phi) is 7.05. The molecule has 0 saturated heterocycles. The number of ether oxygens (including phenoxy) is 1. The summed E-state index contributed by atoms with van der Waals surface area (Å²) in [7, 11) is 0. The molecule has 2 aromatic carbocycles. The number of rotatable bonds is 6. The number of anilines is 1. The Labute approximate surface area is 160 Å². The van der Waals surface area contributed by atoms with Gasteiger partial charge in [0.05, 0.1) is 11.1 Å². The third-order valence-corrected chi connectivity index (χ3v) is 4.07. The summed E-state index contributed by atoms with van der Waals surface area (Å²) in [5.74, 6) is 0.246. The van der Waals surface area contributed by atoms with E-state index in [0.29, 0.717) is 17.3 Å². The van der Waals surface area contributed by atoms with Crippen molar-refractivity contribution < 1.29 is 9.53 Å². The van der Waals surface area contributed by atoms with Crippen LogP contribution in [-0.2, 0) is 4.79 Å².